The third kappa shape index (κ3) is 12.8. The number of rotatable bonds is 20. The van der Waals surface area contributed by atoms with Crippen molar-refractivity contribution in [2.24, 2.45) is 5.92 Å². The lowest BCUT2D eigenvalue weighted by molar-refractivity contribution is 0.0441. The standard InChI is InChI=1S/C38H46F2O7/c1-4-6-7-8-9-10-11-12-13-14-23-44-29-17-15-28(16-18-29)36(41)46-30-20-22-33(35(40)24-30)38(43)47-31-19-21-32(34(39)25-31)37(42)45-26-27(3)5-2/h15-22,24-25,27H,4-14,23,26H2,1-3H3/t27-/m0/s1. The minimum Gasteiger partial charge on any atom is -0.494 e. The van der Waals surface area contributed by atoms with Gasteiger partial charge in [-0.25, -0.2) is 23.2 Å². The zero-order valence-corrected chi connectivity index (χ0v) is 27.7. The number of hydrogen-bond acceptors (Lipinski definition) is 7. The summed E-state index contributed by atoms with van der Waals surface area (Å²) in [6.45, 7) is 6.82. The molecule has 0 radical (unpaired) electrons. The topological polar surface area (TPSA) is 88.1 Å². The van der Waals surface area contributed by atoms with Crippen molar-refractivity contribution < 1.29 is 42.1 Å². The second kappa shape index (κ2) is 20.1. The van der Waals surface area contributed by atoms with Gasteiger partial charge in [0.2, 0.25) is 0 Å². The van der Waals surface area contributed by atoms with Crippen LogP contribution < -0.4 is 14.2 Å². The summed E-state index contributed by atoms with van der Waals surface area (Å²) in [4.78, 5) is 37.3. The molecule has 0 aliphatic carbocycles. The maximum absolute atomic E-state index is 14.8. The molecule has 3 rings (SSSR count). The number of carbonyl (C=O) groups excluding carboxylic acids is 3. The van der Waals surface area contributed by atoms with Gasteiger partial charge < -0.3 is 18.9 Å². The van der Waals surface area contributed by atoms with Crippen molar-refractivity contribution in [3.8, 4) is 17.2 Å². The summed E-state index contributed by atoms with van der Waals surface area (Å²) in [6, 6.07) is 12.9. The van der Waals surface area contributed by atoms with Crippen molar-refractivity contribution in [2.75, 3.05) is 13.2 Å². The summed E-state index contributed by atoms with van der Waals surface area (Å²) in [6.07, 6.45) is 13.2. The molecule has 0 saturated heterocycles. The van der Waals surface area contributed by atoms with Crippen LogP contribution in [0.5, 0.6) is 17.2 Å². The molecule has 0 unspecified atom stereocenters. The quantitative estimate of drug-likeness (QED) is 0.0682. The predicted octanol–water partition coefficient (Wildman–Crippen LogP) is 9.91. The Balaban J connectivity index is 1.43. The molecule has 0 bridgehead atoms. The number of esters is 3. The Morgan fingerprint density at radius 1 is 0.617 bits per heavy atom. The van der Waals surface area contributed by atoms with Crippen LogP contribution in [0.25, 0.3) is 0 Å². The lowest BCUT2D eigenvalue weighted by Crippen LogP contribution is -2.14. The van der Waals surface area contributed by atoms with Crippen molar-refractivity contribution in [2.45, 2.75) is 91.4 Å². The van der Waals surface area contributed by atoms with Gasteiger partial charge in [0.25, 0.3) is 0 Å². The number of halogens is 2. The van der Waals surface area contributed by atoms with Gasteiger partial charge >= 0.3 is 17.9 Å². The average molecular weight is 653 g/mol. The van der Waals surface area contributed by atoms with E-state index < -0.39 is 35.1 Å². The first-order valence-corrected chi connectivity index (χ1v) is 16.6. The molecule has 3 aromatic rings. The van der Waals surface area contributed by atoms with E-state index in [-0.39, 0.29) is 35.2 Å². The fraction of sp³-hybridized carbons (Fsp3) is 0.447. The van der Waals surface area contributed by atoms with Gasteiger partial charge in [0.05, 0.1) is 29.9 Å². The normalized spacial score (nSPS) is 11.5. The highest BCUT2D eigenvalue weighted by Crippen LogP contribution is 2.23. The summed E-state index contributed by atoms with van der Waals surface area (Å²) in [7, 11) is 0. The molecule has 9 heteroatoms. The van der Waals surface area contributed by atoms with Gasteiger partial charge in [0.15, 0.2) is 0 Å². The number of benzene rings is 3. The monoisotopic (exact) mass is 652 g/mol. The SMILES string of the molecule is CCCCCCCCCCCCOc1ccc(C(=O)Oc2ccc(C(=O)Oc3ccc(C(=O)OC[C@@H](C)CC)c(F)c3)c(F)c2)cc1. The lowest BCUT2D eigenvalue weighted by Gasteiger charge is -2.11. The minimum atomic E-state index is -1.10. The molecule has 47 heavy (non-hydrogen) atoms. The number of unbranched alkanes of at least 4 members (excludes halogenated alkanes) is 9. The molecular formula is C38H46F2O7. The molecule has 0 saturated carbocycles. The van der Waals surface area contributed by atoms with Crippen LogP contribution in [-0.2, 0) is 4.74 Å². The Kier molecular flexibility index (Phi) is 15.9. The van der Waals surface area contributed by atoms with Gasteiger partial charge in [-0.2, -0.15) is 0 Å². The molecule has 0 aliphatic rings. The zero-order chi connectivity index (χ0) is 34.0. The van der Waals surface area contributed by atoms with E-state index in [1.54, 1.807) is 24.3 Å². The summed E-state index contributed by atoms with van der Waals surface area (Å²) >= 11 is 0. The Morgan fingerprint density at radius 3 is 1.64 bits per heavy atom. The molecule has 0 N–H and O–H groups in total. The van der Waals surface area contributed by atoms with Gasteiger partial charge in [0.1, 0.15) is 28.9 Å². The summed E-state index contributed by atoms with van der Waals surface area (Å²) < 4.78 is 50.5. The predicted molar refractivity (Wildman–Crippen MR) is 176 cm³/mol. The average Bonchev–Trinajstić information content (AvgIpc) is 3.06. The first kappa shape index (κ1) is 37.2. The molecule has 0 spiro atoms. The van der Waals surface area contributed by atoms with E-state index in [0.29, 0.717) is 12.4 Å². The van der Waals surface area contributed by atoms with Gasteiger partial charge in [-0.15, -0.1) is 0 Å². The van der Waals surface area contributed by atoms with Crippen LogP contribution >= 0.6 is 0 Å². The van der Waals surface area contributed by atoms with Crippen LogP contribution in [0.4, 0.5) is 8.78 Å². The summed E-state index contributed by atoms with van der Waals surface area (Å²) in [5.74, 6) is -4.15. The molecule has 0 heterocycles. The molecule has 0 aliphatic heterocycles. The molecule has 0 aromatic heterocycles. The van der Waals surface area contributed by atoms with E-state index in [2.05, 4.69) is 6.92 Å². The van der Waals surface area contributed by atoms with Gasteiger partial charge in [-0.3, -0.25) is 0 Å². The molecular weight excluding hydrogens is 606 g/mol. The van der Waals surface area contributed by atoms with Gasteiger partial charge in [-0.05, 0) is 60.9 Å². The second-order valence-corrected chi connectivity index (χ2v) is 11.7. The van der Waals surface area contributed by atoms with E-state index in [1.165, 1.54) is 63.5 Å². The first-order valence-electron chi connectivity index (χ1n) is 16.6. The fourth-order valence-corrected chi connectivity index (χ4v) is 4.66. The van der Waals surface area contributed by atoms with Gasteiger partial charge in [-0.1, -0.05) is 85.0 Å². The third-order valence-corrected chi connectivity index (χ3v) is 7.79. The molecule has 3 aromatic carbocycles. The summed E-state index contributed by atoms with van der Waals surface area (Å²) in [5.41, 5.74) is -0.516. The van der Waals surface area contributed by atoms with E-state index in [9.17, 15) is 23.2 Å². The number of ether oxygens (including phenoxy) is 4. The van der Waals surface area contributed by atoms with Crippen LogP contribution in [0.1, 0.15) is 122 Å². The van der Waals surface area contributed by atoms with Crippen molar-refractivity contribution in [1.29, 1.82) is 0 Å². The number of carbonyl (C=O) groups is 3. The molecule has 254 valence electrons. The van der Waals surface area contributed by atoms with E-state index in [0.717, 1.165) is 43.5 Å². The van der Waals surface area contributed by atoms with E-state index >= 15 is 0 Å². The first-order chi connectivity index (χ1) is 22.7. The van der Waals surface area contributed by atoms with Crippen LogP contribution in [-0.4, -0.2) is 31.1 Å². The van der Waals surface area contributed by atoms with Crippen LogP contribution in [0.2, 0.25) is 0 Å². The highest BCUT2D eigenvalue weighted by atomic mass is 19.1. The molecule has 0 fully saturated rings. The van der Waals surface area contributed by atoms with E-state index in [4.69, 9.17) is 18.9 Å². The molecule has 1 atom stereocenters. The van der Waals surface area contributed by atoms with E-state index in [1.807, 2.05) is 13.8 Å². The Labute approximate surface area is 276 Å². The Bertz CT molecular complexity index is 1440. The van der Waals surface area contributed by atoms with Crippen LogP contribution in [0.3, 0.4) is 0 Å². The molecule has 7 nitrogen and oxygen atoms in total. The van der Waals surface area contributed by atoms with Crippen molar-refractivity contribution >= 4 is 17.9 Å². The highest BCUT2D eigenvalue weighted by Gasteiger charge is 2.20. The zero-order valence-electron chi connectivity index (χ0n) is 27.7. The largest absolute Gasteiger partial charge is 0.494 e. The Morgan fingerprint density at radius 2 is 1.11 bits per heavy atom. The second-order valence-electron chi connectivity index (χ2n) is 11.7. The van der Waals surface area contributed by atoms with Crippen LogP contribution in [0.15, 0.2) is 60.7 Å². The Hall–Kier alpha value is -4.27. The van der Waals surface area contributed by atoms with Crippen molar-refractivity contribution in [3.63, 3.8) is 0 Å². The fourth-order valence-electron chi connectivity index (χ4n) is 4.66. The maximum atomic E-state index is 14.8. The third-order valence-electron chi connectivity index (χ3n) is 7.79. The maximum Gasteiger partial charge on any atom is 0.346 e. The van der Waals surface area contributed by atoms with Crippen molar-refractivity contribution in [1.82, 2.24) is 0 Å². The van der Waals surface area contributed by atoms with Crippen LogP contribution in [0, 0.1) is 17.6 Å². The number of hydrogen-bond donors (Lipinski definition) is 0. The lowest BCUT2D eigenvalue weighted by atomic mass is 10.1. The smallest absolute Gasteiger partial charge is 0.346 e. The highest BCUT2D eigenvalue weighted by molar-refractivity contribution is 5.93. The molecule has 0 amide bonds. The van der Waals surface area contributed by atoms with Gasteiger partial charge in [0, 0.05) is 12.1 Å². The minimum absolute atomic E-state index is 0.114. The van der Waals surface area contributed by atoms with Crippen molar-refractivity contribution in [3.05, 3.63) is 89.0 Å². The summed E-state index contributed by atoms with van der Waals surface area (Å²) in [5, 5.41) is 0.